The molecule has 0 radical (unpaired) electrons. The van der Waals surface area contributed by atoms with Gasteiger partial charge in [0.15, 0.2) is 0 Å². The molecule has 0 aliphatic carbocycles. The van der Waals surface area contributed by atoms with Crippen molar-refractivity contribution in [3.8, 4) is 0 Å². The number of carboxylic acids is 1. The zero-order valence-corrected chi connectivity index (χ0v) is 12.1. The number of nitrogens with zero attached hydrogens (tertiary/aromatic N) is 1. The molecule has 19 heavy (non-hydrogen) atoms. The predicted octanol–water partition coefficient (Wildman–Crippen LogP) is -0.852. The van der Waals surface area contributed by atoms with Crippen molar-refractivity contribution in [1.29, 1.82) is 0 Å². The Morgan fingerprint density at radius 1 is 1.00 bits per heavy atom. The smallest absolute Gasteiger partial charge is 0.329 e. The number of aliphatic hydroxyl groups excluding tert-OH is 3. The van der Waals surface area contributed by atoms with Gasteiger partial charge in [0, 0.05) is 26.7 Å². The highest BCUT2D eigenvalue weighted by molar-refractivity contribution is 5.67. The third kappa shape index (κ3) is 19.8. The van der Waals surface area contributed by atoms with Crippen LogP contribution in [0.15, 0.2) is 0 Å². The second kappa shape index (κ2) is 12.3. The quantitative estimate of drug-likeness (QED) is 0.458. The summed E-state index contributed by atoms with van der Waals surface area (Å²) in [7, 11) is 1.34. The molecule has 0 saturated carbocycles. The zero-order chi connectivity index (χ0) is 15.4. The lowest BCUT2D eigenvalue weighted by molar-refractivity contribution is -0.141. The van der Waals surface area contributed by atoms with Gasteiger partial charge in [-0.3, -0.25) is 4.90 Å². The lowest BCUT2D eigenvalue weighted by atomic mass is 10.2. The first-order chi connectivity index (χ1) is 8.68. The summed E-state index contributed by atoms with van der Waals surface area (Å²) < 4.78 is 4.20. The SMILES string of the molecule is CC(O)CN(CC(C)O)CC(C)O.COCC(=O)O. The normalized spacial score (nSPS) is 15.4. The van der Waals surface area contributed by atoms with Gasteiger partial charge >= 0.3 is 5.97 Å². The number of hydrogen-bond donors (Lipinski definition) is 4. The van der Waals surface area contributed by atoms with Crippen molar-refractivity contribution in [2.24, 2.45) is 0 Å². The van der Waals surface area contributed by atoms with Crippen molar-refractivity contribution >= 4 is 5.97 Å². The third-order valence-corrected chi connectivity index (χ3v) is 1.84. The second-order valence-corrected chi connectivity index (χ2v) is 4.59. The van der Waals surface area contributed by atoms with Gasteiger partial charge in [0.05, 0.1) is 18.3 Å². The topological polar surface area (TPSA) is 110 Å². The van der Waals surface area contributed by atoms with Crippen LogP contribution in [0.4, 0.5) is 0 Å². The molecule has 3 atom stereocenters. The molecule has 0 heterocycles. The van der Waals surface area contributed by atoms with E-state index in [0.29, 0.717) is 19.6 Å². The summed E-state index contributed by atoms with van der Waals surface area (Å²) in [6.07, 6.45) is -1.30. The van der Waals surface area contributed by atoms with Gasteiger partial charge in [0.2, 0.25) is 0 Å². The van der Waals surface area contributed by atoms with E-state index in [1.165, 1.54) is 7.11 Å². The minimum atomic E-state index is -0.933. The fourth-order valence-corrected chi connectivity index (χ4v) is 1.47. The zero-order valence-electron chi connectivity index (χ0n) is 12.1. The molecule has 7 nitrogen and oxygen atoms in total. The van der Waals surface area contributed by atoms with Crippen LogP contribution >= 0.6 is 0 Å². The largest absolute Gasteiger partial charge is 0.480 e. The number of ether oxygens (including phenoxy) is 1. The van der Waals surface area contributed by atoms with E-state index in [2.05, 4.69) is 4.74 Å². The standard InChI is InChI=1S/C9H21NO3.C3H6O3/c1-7(11)4-10(5-8(2)12)6-9(3)13;1-6-2-3(4)5/h7-9,11-13H,4-6H2,1-3H3;2H2,1H3,(H,4,5). The maximum Gasteiger partial charge on any atom is 0.329 e. The number of hydrogen-bond acceptors (Lipinski definition) is 6. The Labute approximate surface area is 114 Å². The van der Waals surface area contributed by atoms with Gasteiger partial charge in [0.25, 0.3) is 0 Å². The molecule has 0 aliphatic rings. The summed E-state index contributed by atoms with van der Waals surface area (Å²) in [5, 5.41) is 35.2. The van der Waals surface area contributed by atoms with Crippen LogP contribution in [0.3, 0.4) is 0 Å². The van der Waals surface area contributed by atoms with Crippen LogP contribution in [0, 0.1) is 0 Å². The van der Waals surface area contributed by atoms with Crippen molar-refractivity contribution in [3.63, 3.8) is 0 Å². The number of aliphatic hydroxyl groups is 3. The first-order valence-electron chi connectivity index (χ1n) is 6.16. The van der Waals surface area contributed by atoms with Gasteiger partial charge in [-0.15, -0.1) is 0 Å². The van der Waals surface area contributed by atoms with Crippen LogP contribution in [0.1, 0.15) is 20.8 Å². The molecule has 3 unspecified atom stereocenters. The Bertz CT molecular complexity index is 196. The van der Waals surface area contributed by atoms with Gasteiger partial charge in [-0.05, 0) is 20.8 Å². The molecule has 0 aromatic carbocycles. The highest BCUT2D eigenvalue weighted by Gasteiger charge is 2.12. The van der Waals surface area contributed by atoms with Crippen LogP contribution < -0.4 is 0 Å². The van der Waals surface area contributed by atoms with E-state index in [4.69, 9.17) is 20.4 Å². The molecule has 4 N–H and O–H groups in total. The Kier molecular flexibility index (Phi) is 13.3. The third-order valence-electron chi connectivity index (χ3n) is 1.84. The minimum absolute atomic E-state index is 0.208. The molecular formula is C12H27NO6. The minimum Gasteiger partial charge on any atom is -0.480 e. The molecule has 0 amide bonds. The van der Waals surface area contributed by atoms with Crippen LogP contribution in [0.2, 0.25) is 0 Å². The van der Waals surface area contributed by atoms with E-state index in [0.717, 1.165) is 0 Å². The van der Waals surface area contributed by atoms with Gasteiger partial charge < -0.3 is 25.2 Å². The van der Waals surface area contributed by atoms with E-state index >= 15 is 0 Å². The molecule has 0 aromatic rings. The van der Waals surface area contributed by atoms with E-state index in [1.54, 1.807) is 20.8 Å². The number of aliphatic carboxylic acids is 1. The summed E-state index contributed by atoms with van der Waals surface area (Å²) in [5.41, 5.74) is 0. The van der Waals surface area contributed by atoms with Crippen molar-refractivity contribution in [3.05, 3.63) is 0 Å². The van der Waals surface area contributed by atoms with E-state index in [-0.39, 0.29) is 6.61 Å². The van der Waals surface area contributed by atoms with Crippen molar-refractivity contribution in [2.45, 2.75) is 39.1 Å². The van der Waals surface area contributed by atoms with E-state index < -0.39 is 24.3 Å². The Balaban J connectivity index is 0. The van der Waals surface area contributed by atoms with Gasteiger partial charge in [-0.2, -0.15) is 0 Å². The van der Waals surface area contributed by atoms with Crippen molar-refractivity contribution < 1.29 is 30.0 Å². The number of methoxy groups -OCH3 is 1. The summed E-state index contributed by atoms with van der Waals surface area (Å²) in [5.74, 6) is -0.933. The number of rotatable bonds is 8. The van der Waals surface area contributed by atoms with Crippen LogP contribution in [0.25, 0.3) is 0 Å². The molecule has 0 aliphatic heterocycles. The summed E-state index contributed by atoms with van der Waals surface area (Å²) >= 11 is 0. The van der Waals surface area contributed by atoms with Gasteiger partial charge in [0.1, 0.15) is 6.61 Å². The van der Waals surface area contributed by atoms with Crippen LogP contribution in [-0.2, 0) is 9.53 Å². The number of carboxylic acid groups (broad SMARTS) is 1. The lowest BCUT2D eigenvalue weighted by Crippen LogP contribution is -2.40. The molecule has 0 aromatic heterocycles. The average Bonchev–Trinajstić information content (AvgIpc) is 2.13. The fourth-order valence-electron chi connectivity index (χ4n) is 1.47. The van der Waals surface area contributed by atoms with Crippen molar-refractivity contribution in [1.82, 2.24) is 4.90 Å². The van der Waals surface area contributed by atoms with Gasteiger partial charge in [-0.25, -0.2) is 4.79 Å². The molecule has 0 rings (SSSR count). The first kappa shape index (κ1) is 20.6. The fraction of sp³-hybridized carbons (Fsp3) is 0.917. The molecule has 116 valence electrons. The second-order valence-electron chi connectivity index (χ2n) is 4.59. The highest BCUT2D eigenvalue weighted by atomic mass is 16.5. The van der Waals surface area contributed by atoms with Crippen LogP contribution in [0.5, 0.6) is 0 Å². The summed E-state index contributed by atoms with van der Waals surface area (Å²) in [6.45, 7) is 6.31. The van der Waals surface area contributed by atoms with E-state index in [1.807, 2.05) is 4.90 Å². The van der Waals surface area contributed by atoms with Crippen molar-refractivity contribution in [2.75, 3.05) is 33.4 Å². The molecule has 7 heteroatoms. The Morgan fingerprint density at radius 2 is 1.32 bits per heavy atom. The summed E-state index contributed by atoms with van der Waals surface area (Å²) in [4.78, 5) is 11.3. The summed E-state index contributed by atoms with van der Waals surface area (Å²) in [6, 6.07) is 0. The highest BCUT2D eigenvalue weighted by Crippen LogP contribution is 1.97. The molecular weight excluding hydrogens is 254 g/mol. The Morgan fingerprint density at radius 3 is 1.42 bits per heavy atom. The predicted molar refractivity (Wildman–Crippen MR) is 71.0 cm³/mol. The molecule has 0 saturated heterocycles. The molecule has 0 fully saturated rings. The Hall–Kier alpha value is -0.730. The maximum atomic E-state index is 9.47. The first-order valence-corrected chi connectivity index (χ1v) is 6.16. The molecule has 0 spiro atoms. The molecule has 0 bridgehead atoms. The monoisotopic (exact) mass is 281 g/mol. The van der Waals surface area contributed by atoms with Crippen LogP contribution in [-0.4, -0.2) is 83.0 Å². The average molecular weight is 281 g/mol. The maximum absolute atomic E-state index is 9.47. The van der Waals surface area contributed by atoms with Gasteiger partial charge in [-0.1, -0.05) is 0 Å². The number of carbonyl (C=O) groups is 1. The van der Waals surface area contributed by atoms with E-state index in [9.17, 15) is 4.79 Å². The lowest BCUT2D eigenvalue weighted by Gasteiger charge is -2.25.